The predicted octanol–water partition coefficient (Wildman–Crippen LogP) is 3.16. The summed E-state index contributed by atoms with van der Waals surface area (Å²) in [5.74, 6) is 0.975. The van der Waals surface area contributed by atoms with Crippen LogP contribution in [0.1, 0.15) is 27.7 Å². The van der Waals surface area contributed by atoms with Gasteiger partial charge in [-0.1, -0.05) is 26.0 Å². The van der Waals surface area contributed by atoms with Crippen LogP contribution in [-0.4, -0.2) is 33.3 Å². The minimum absolute atomic E-state index is 0.709. The van der Waals surface area contributed by atoms with Gasteiger partial charge in [0.15, 0.2) is 0 Å². The van der Waals surface area contributed by atoms with Gasteiger partial charge in [0.1, 0.15) is 5.75 Å². The van der Waals surface area contributed by atoms with E-state index in [4.69, 9.17) is 4.74 Å². The van der Waals surface area contributed by atoms with Gasteiger partial charge < -0.3 is 15.0 Å². The maximum atomic E-state index is 5.64. The highest BCUT2D eigenvalue weighted by atomic mass is 16.5. The van der Waals surface area contributed by atoms with Crippen LogP contribution in [0.5, 0.6) is 5.75 Å². The molecule has 104 valence electrons. The number of nitrogens with zero attached hydrogens (tertiary/aromatic N) is 1. The molecule has 0 aliphatic heterocycles. The Morgan fingerprint density at radius 3 is 2.39 bits per heavy atom. The fourth-order valence-corrected chi connectivity index (χ4v) is 1.69. The molecule has 0 atom stereocenters. The van der Waals surface area contributed by atoms with Crippen LogP contribution in [0.25, 0.3) is 0 Å². The van der Waals surface area contributed by atoms with Crippen molar-refractivity contribution in [2.24, 2.45) is 0 Å². The summed E-state index contributed by atoms with van der Waals surface area (Å²) in [6.45, 7) is 11.9. The summed E-state index contributed by atoms with van der Waals surface area (Å²) in [6, 6.07) is 8.21. The Kier molecular flexibility index (Phi) is 10.2. The van der Waals surface area contributed by atoms with Crippen molar-refractivity contribution in [3.05, 3.63) is 24.3 Å². The number of benzene rings is 1. The number of rotatable bonds is 7. The lowest BCUT2D eigenvalue weighted by molar-refractivity contribution is 0.340. The minimum atomic E-state index is 0.709. The van der Waals surface area contributed by atoms with Crippen molar-refractivity contribution in [3.8, 4) is 5.75 Å². The van der Waals surface area contributed by atoms with Gasteiger partial charge >= 0.3 is 0 Å². The van der Waals surface area contributed by atoms with Crippen LogP contribution in [0.4, 0.5) is 5.69 Å². The van der Waals surface area contributed by atoms with Crippen molar-refractivity contribution in [2.45, 2.75) is 27.7 Å². The quantitative estimate of drug-likeness (QED) is 0.807. The summed E-state index contributed by atoms with van der Waals surface area (Å²) < 4.78 is 5.64. The van der Waals surface area contributed by atoms with E-state index < -0.39 is 0 Å². The second-order valence-corrected chi connectivity index (χ2v) is 3.58. The van der Waals surface area contributed by atoms with E-state index in [9.17, 15) is 0 Å². The number of ether oxygens (including phenoxy) is 1. The Balaban J connectivity index is 0.00000137. The van der Waals surface area contributed by atoms with E-state index in [1.165, 1.54) is 5.69 Å². The van der Waals surface area contributed by atoms with E-state index in [2.05, 4.69) is 29.3 Å². The first-order valence-corrected chi connectivity index (χ1v) is 6.94. The molecule has 0 saturated carbocycles. The largest absolute Gasteiger partial charge is 0.492 e. The maximum absolute atomic E-state index is 5.64. The Bertz CT molecular complexity index is 302. The summed E-state index contributed by atoms with van der Waals surface area (Å²) in [6.07, 6.45) is 0. The molecule has 1 aromatic carbocycles. The number of anilines is 1. The molecule has 0 radical (unpaired) electrons. The van der Waals surface area contributed by atoms with Crippen LogP contribution in [0.3, 0.4) is 0 Å². The molecule has 1 N–H and O–H groups in total. The normalized spacial score (nSPS) is 9.39. The molecule has 0 bridgehead atoms. The Hall–Kier alpha value is -1.22. The van der Waals surface area contributed by atoms with Crippen molar-refractivity contribution < 1.29 is 4.74 Å². The van der Waals surface area contributed by atoms with Crippen molar-refractivity contribution in [1.29, 1.82) is 0 Å². The fraction of sp³-hybridized carbons (Fsp3) is 0.600. The number of para-hydroxylation sites is 2. The molecule has 0 spiro atoms. The maximum Gasteiger partial charge on any atom is 0.142 e. The fourth-order valence-electron chi connectivity index (χ4n) is 1.69. The number of nitrogens with one attached hydrogen (secondary N) is 1. The summed E-state index contributed by atoms with van der Waals surface area (Å²) in [7, 11) is 1.97. The summed E-state index contributed by atoms with van der Waals surface area (Å²) >= 11 is 0. The Labute approximate surface area is 112 Å². The number of likely N-dealkylation sites (N-methyl/N-ethyl adjacent to an activating group) is 2. The van der Waals surface area contributed by atoms with Crippen LogP contribution in [0.15, 0.2) is 24.3 Å². The molecule has 0 aromatic heterocycles. The van der Waals surface area contributed by atoms with Gasteiger partial charge in [-0.3, -0.25) is 0 Å². The van der Waals surface area contributed by atoms with E-state index in [1.807, 2.05) is 40.0 Å². The van der Waals surface area contributed by atoms with Gasteiger partial charge in [0.05, 0.1) is 12.3 Å². The van der Waals surface area contributed by atoms with Crippen molar-refractivity contribution in [1.82, 2.24) is 5.32 Å². The second-order valence-electron chi connectivity index (χ2n) is 3.58. The van der Waals surface area contributed by atoms with E-state index in [1.54, 1.807) is 0 Å². The molecule has 1 aromatic rings. The molecular formula is C15H28N2O. The molecule has 0 unspecified atom stereocenters. The molecule has 1 rings (SSSR count). The van der Waals surface area contributed by atoms with Crippen LogP contribution in [0, 0.1) is 0 Å². The monoisotopic (exact) mass is 252 g/mol. The van der Waals surface area contributed by atoms with Gasteiger partial charge in [0, 0.05) is 19.6 Å². The van der Waals surface area contributed by atoms with Crippen molar-refractivity contribution >= 4 is 5.69 Å². The molecule has 3 nitrogen and oxygen atoms in total. The molecule has 0 amide bonds. The van der Waals surface area contributed by atoms with Gasteiger partial charge in [-0.2, -0.15) is 0 Å². The average Bonchev–Trinajstić information content (AvgIpc) is 2.44. The first kappa shape index (κ1) is 16.8. The number of hydrogen-bond acceptors (Lipinski definition) is 3. The topological polar surface area (TPSA) is 24.5 Å². The molecule has 0 heterocycles. The van der Waals surface area contributed by atoms with E-state index in [-0.39, 0.29) is 0 Å². The first-order valence-electron chi connectivity index (χ1n) is 6.94. The van der Waals surface area contributed by atoms with Crippen molar-refractivity contribution in [3.63, 3.8) is 0 Å². The van der Waals surface area contributed by atoms with Crippen LogP contribution < -0.4 is 15.0 Å². The van der Waals surface area contributed by atoms with E-state index >= 15 is 0 Å². The zero-order chi connectivity index (χ0) is 13.8. The third-order valence-corrected chi connectivity index (χ3v) is 2.52. The van der Waals surface area contributed by atoms with Crippen LogP contribution >= 0.6 is 0 Å². The lowest BCUT2D eigenvalue weighted by atomic mass is 10.2. The van der Waals surface area contributed by atoms with E-state index in [0.717, 1.165) is 25.4 Å². The van der Waals surface area contributed by atoms with Crippen LogP contribution in [0.2, 0.25) is 0 Å². The third kappa shape index (κ3) is 5.41. The summed E-state index contributed by atoms with van der Waals surface area (Å²) in [4.78, 5) is 2.32. The lowest BCUT2D eigenvalue weighted by Gasteiger charge is -2.25. The average molecular weight is 252 g/mol. The summed E-state index contributed by atoms with van der Waals surface area (Å²) in [5, 5.41) is 3.17. The van der Waals surface area contributed by atoms with Gasteiger partial charge in [-0.25, -0.2) is 0 Å². The van der Waals surface area contributed by atoms with Gasteiger partial charge in [0.25, 0.3) is 0 Å². The molecule has 18 heavy (non-hydrogen) atoms. The second kappa shape index (κ2) is 10.9. The highest BCUT2D eigenvalue weighted by Crippen LogP contribution is 2.27. The highest BCUT2D eigenvalue weighted by Gasteiger charge is 2.09. The molecule has 0 fully saturated rings. The van der Waals surface area contributed by atoms with E-state index in [0.29, 0.717) is 6.61 Å². The van der Waals surface area contributed by atoms with Crippen molar-refractivity contribution in [2.75, 3.05) is 38.2 Å². The SMILES string of the molecule is CC.CCOc1ccccc1N(CC)CCNC. The highest BCUT2D eigenvalue weighted by molar-refractivity contribution is 5.58. The van der Waals surface area contributed by atoms with Gasteiger partial charge in [-0.05, 0) is 33.0 Å². The smallest absolute Gasteiger partial charge is 0.142 e. The lowest BCUT2D eigenvalue weighted by Crippen LogP contribution is -2.30. The Morgan fingerprint density at radius 2 is 1.83 bits per heavy atom. The molecule has 3 heteroatoms. The minimum Gasteiger partial charge on any atom is -0.492 e. The molecule has 0 aliphatic carbocycles. The standard InChI is InChI=1S/C13H22N2O.C2H6/c1-4-15(11-10-14-3)12-8-6-7-9-13(12)16-5-2;1-2/h6-9,14H,4-5,10-11H2,1-3H3;1-2H3. The first-order chi connectivity index (χ1) is 8.83. The van der Waals surface area contributed by atoms with Gasteiger partial charge in [-0.15, -0.1) is 0 Å². The summed E-state index contributed by atoms with van der Waals surface area (Å²) in [5.41, 5.74) is 1.18. The molecular weight excluding hydrogens is 224 g/mol. The van der Waals surface area contributed by atoms with Crippen LogP contribution in [-0.2, 0) is 0 Å². The zero-order valence-electron chi connectivity index (χ0n) is 12.5. The zero-order valence-corrected chi connectivity index (χ0v) is 12.5. The molecule has 0 saturated heterocycles. The number of hydrogen-bond donors (Lipinski definition) is 1. The Morgan fingerprint density at radius 1 is 1.17 bits per heavy atom. The van der Waals surface area contributed by atoms with Gasteiger partial charge in [0.2, 0.25) is 0 Å². The molecule has 0 aliphatic rings. The third-order valence-electron chi connectivity index (χ3n) is 2.52. The predicted molar refractivity (Wildman–Crippen MR) is 80.8 cm³/mol.